The monoisotopic (exact) mass is 403 g/mol. The molecule has 0 radical (unpaired) electrons. The summed E-state index contributed by atoms with van der Waals surface area (Å²) in [6.45, 7) is 3.03. The van der Waals surface area contributed by atoms with Crippen LogP contribution >= 0.6 is 12.4 Å². The Kier molecular flexibility index (Phi) is 7.85. The lowest BCUT2D eigenvalue weighted by Gasteiger charge is -2.26. The van der Waals surface area contributed by atoms with Crippen molar-refractivity contribution in [2.45, 2.75) is 36.6 Å². The van der Waals surface area contributed by atoms with Crippen LogP contribution in [0.1, 0.15) is 25.7 Å². The highest BCUT2D eigenvalue weighted by molar-refractivity contribution is 7.89. The predicted molar refractivity (Wildman–Crippen MR) is 102 cm³/mol. The molecule has 2 aliphatic rings. The molecule has 1 aromatic rings. The Morgan fingerprint density at radius 1 is 1.27 bits per heavy atom. The SMILES string of the molecule is Cl.O=C(CC1COCCN1)Nc1cccc(S(=O)(=O)N2CCCCC2)c1. The van der Waals surface area contributed by atoms with E-state index in [-0.39, 0.29) is 29.3 Å². The average Bonchev–Trinajstić information content (AvgIpc) is 2.63. The maximum Gasteiger partial charge on any atom is 0.243 e. The van der Waals surface area contributed by atoms with Crippen LogP contribution in [0.4, 0.5) is 5.69 Å². The number of nitrogens with one attached hydrogen (secondary N) is 2. The molecule has 1 amide bonds. The maximum atomic E-state index is 12.7. The first kappa shape index (κ1) is 21.1. The third-order valence-corrected chi connectivity index (χ3v) is 6.40. The molecule has 9 heteroatoms. The fraction of sp³-hybridized carbons (Fsp3) is 0.588. The van der Waals surface area contributed by atoms with Gasteiger partial charge in [-0.15, -0.1) is 12.4 Å². The third-order valence-electron chi connectivity index (χ3n) is 4.50. The van der Waals surface area contributed by atoms with E-state index in [0.29, 0.717) is 38.4 Å². The van der Waals surface area contributed by atoms with Gasteiger partial charge in [0, 0.05) is 37.8 Å². The molecular formula is C17H26ClN3O4S. The second-order valence-electron chi connectivity index (χ2n) is 6.47. The highest BCUT2D eigenvalue weighted by Gasteiger charge is 2.26. The lowest BCUT2D eigenvalue weighted by Crippen LogP contribution is -2.43. The second-order valence-corrected chi connectivity index (χ2v) is 8.41. The average molecular weight is 404 g/mol. The number of carbonyl (C=O) groups excluding carboxylic acids is 1. The zero-order valence-electron chi connectivity index (χ0n) is 14.6. The Labute approximate surface area is 160 Å². The van der Waals surface area contributed by atoms with Crippen LogP contribution in [-0.2, 0) is 19.6 Å². The number of ether oxygens (including phenoxy) is 1. The molecule has 146 valence electrons. The Morgan fingerprint density at radius 3 is 2.73 bits per heavy atom. The van der Waals surface area contributed by atoms with Gasteiger partial charge in [-0.3, -0.25) is 4.79 Å². The topological polar surface area (TPSA) is 87.7 Å². The minimum Gasteiger partial charge on any atom is -0.378 e. The molecule has 1 unspecified atom stereocenters. The number of halogens is 1. The fourth-order valence-corrected chi connectivity index (χ4v) is 4.74. The number of piperidine rings is 1. The molecule has 0 aliphatic carbocycles. The first-order valence-corrected chi connectivity index (χ1v) is 10.2. The number of sulfonamides is 1. The summed E-state index contributed by atoms with van der Waals surface area (Å²) >= 11 is 0. The molecule has 26 heavy (non-hydrogen) atoms. The summed E-state index contributed by atoms with van der Waals surface area (Å²) in [4.78, 5) is 12.4. The van der Waals surface area contributed by atoms with Gasteiger partial charge in [0.2, 0.25) is 15.9 Å². The van der Waals surface area contributed by atoms with Crippen molar-refractivity contribution in [2.75, 3.05) is 38.2 Å². The van der Waals surface area contributed by atoms with Crippen molar-refractivity contribution in [1.29, 1.82) is 0 Å². The van der Waals surface area contributed by atoms with Crippen molar-refractivity contribution in [1.82, 2.24) is 9.62 Å². The Hall–Kier alpha value is -1.19. The van der Waals surface area contributed by atoms with Crippen LogP contribution in [0.25, 0.3) is 0 Å². The zero-order chi connectivity index (χ0) is 17.7. The Balaban J connectivity index is 0.00000243. The summed E-state index contributed by atoms with van der Waals surface area (Å²) in [6, 6.07) is 6.48. The number of anilines is 1. The molecule has 2 fully saturated rings. The lowest BCUT2D eigenvalue weighted by atomic mass is 10.2. The van der Waals surface area contributed by atoms with Crippen molar-refractivity contribution in [3.63, 3.8) is 0 Å². The van der Waals surface area contributed by atoms with Crippen molar-refractivity contribution in [2.24, 2.45) is 0 Å². The number of benzene rings is 1. The normalized spacial score (nSPS) is 21.6. The maximum absolute atomic E-state index is 12.7. The van der Waals surface area contributed by atoms with Gasteiger partial charge >= 0.3 is 0 Å². The number of morpholine rings is 1. The van der Waals surface area contributed by atoms with E-state index in [2.05, 4.69) is 10.6 Å². The molecule has 0 bridgehead atoms. The van der Waals surface area contributed by atoms with Crippen molar-refractivity contribution in [3.8, 4) is 0 Å². The van der Waals surface area contributed by atoms with Gasteiger partial charge in [-0.25, -0.2) is 8.42 Å². The summed E-state index contributed by atoms with van der Waals surface area (Å²) in [5, 5.41) is 6.01. The van der Waals surface area contributed by atoms with Crippen molar-refractivity contribution in [3.05, 3.63) is 24.3 Å². The van der Waals surface area contributed by atoms with Crippen LogP contribution in [0.5, 0.6) is 0 Å². The highest BCUT2D eigenvalue weighted by Crippen LogP contribution is 2.23. The van der Waals surface area contributed by atoms with E-state index in [1.165, 1.54) is 10.4 Å². The summed E-state index contributed by atoms with van der Waals surface area (Å²) in [6.07, 6.45) is 3.16. The van der Waals surface area contributed by atoms with Crippen molar-refractivity contribution < 1.29 is 17.9 Å². The number of carbonyl (C=O) groups is 1. The third kappa shape index (κ3) is 5.40. The van der Waals surface area contributed by atoms with Crippen LogP contribution in [0.15, 0.2) is 29.2 Å². The summed E-state index contributed by atoms with van der Waals surface area (Å²) < 4.78 is 32.3. The lowest BCUT2D eigenvalue weighted by molar-refractivity contribution is -0.117. The zero-order valence-corrected chi connectivity index (χ0v) is 16.3. The fourth-order valence-electron chi connectivity index (χ4n) is 3.18. The molecular weight excluding hydrogens is 378 g/mol. The van der Waals surface area contributed by atoms with Crippen LogP contribution < -0.4 is 10.6 Å². The molecule has 2 heterocycles. The second kappa shape index (κ2) is 9.66. The van der Waals surface area contributed by atoms with Gasteiger partial charge < -0.3 is 15.4 Å². The highest BCUT2D eigenvalue weighted by atomic mass is 35.5. The quantitative estimate of drug-likeness (QED) is 0.779. The van der Waals surface area contributed by atoms with Gasteiger partial charge in [0.1, 0.15) is 0 Å². The molecule has 0 aromatic heterocycles. The van der Waals surface area contributed by atoms with Gasteiger partial charge in [-0.05, 0) is 31.0 Å². The molecule has 7 nitrogen and oxygen atoms in total. The van der Waals surface area contributed by atoms with Gasteiger partial charge in [0.05, 0.1) is 18.1 Å². The number of amides is 1. The van der Waals surface area contributed by atoms with E-state index < -0.39 is 10.0 Å². The molecule has 0 spiro atoms. The Bertz CT molecular complexity index is 702. The standard InChI is InChI=1S/C17H25N3O4S.ClH/c21-17(12-15-13-24-10-7-18-15)19-14-5-4-6-16(11-14)25(22,23)20-8-2-1-3-9-20;/h4-6,11,15,18H,1-3,7-10,12-13H2,(H,19,21);1H. The number of nitrogens with zero attached hydrogens (tertiary/aromatic N) is 1. The first-order valence-electron chi connectivity index (χ1n) is 8.77. The van der Waals surface area contributed by atoms with E-state index in [4.69, 9.17) is 4.74 Å². The molecule has 1 atom stereocenters. The van der Waals surface area contributed by atoms with Crippen LogP contribution in [0.3, 0.4) is 0 Å². The largest absolute Gasteiger partial charge is 0.378 e. The smallest absolute Gasteiger partial charge is 0.243 e. The molecule has 2 aliphatic heterocycles. The summed E-state index contributed by atoms with van der Waals surface area (Å²) in [5.41, 5.74) is 0.500. The number of hydrogen-bond acceptors (Lipinski definition) is 5. The van der Waals surface area contributed by atoms with Gasteiger partial charge in [0.25, 0.3) is 0 Å². The van der Waals surface area contributed by atoms with Crippen molar-refractivity contribution >= 4 is 34.0 Å². The minimum absolute atomic E-state index is 0. The van der Waals surface area contributed by atoms with Crippen LogP contribution in [-0.4, -0.2) is 57.5 Å². The van der Waals surface area contributed by atoms with Gasteiger partial charge in [-0.1, -0.05) is 12.5 Å². The first-order chi connectivity index (χ1) is 12.1. The summed E-state index contributed by atoms with van der Waals surface area (Å²) in [7, 11) is -3.50. The van der Waals surface area contributed by atoms with Crippen LogP contribution in [0, 0.1) is 0 Å². The minimum atomic E-state index is -3.50. The van der Waals surface area contributed by atoms with E-state index in [1.54, 1.807) is 18.2 Å². The van der Waals surface area contributed by atoms with E-state index in [9.17, 15) is 13.2 Å². The predicted octanol–water partition coefficient (Wildman–Crippen LogP) is 1.60. The van der Waals surface area contributed by atoms with E-state index in [1.807, 2.05) is 0 Å². The summed E-state index contributed by atoms with van der Waals surface area (Å²) in [5.74, 6) is -0.157. The number of hydrogen-bond donors (Lipinski definition) is 2. The molecule has 3 rings (SSSR count). The molecule has 2 N–H and O–H groups in total. The van der Waals surface area contributed by atoms with E-state index >= 15 is 0 Å². The van der Waals surface area contributed by atoms with Gasteiger partial charge in [-0.2, -0.15) is 4.31 Å². The van der Waals surface area contributed by atoms with Crippen LogP contribution in [0.2, 0.25) is 0 Å². The molecule has 1 aromatic carbocycles. The molecule has 2 saturated heterocycles. The van der Waals surface area contributed by atoms with E-state index in [0.717, 1.165) is 25.8 Å². The number of rotatable bonds is 5. The molecule has 0 saturated carbocycles. The van der Waals surface area contributed by atoms with Gasteiger partial charge in [0.15, 0.2) is 0 Å². The Morgan fingerprint density at radius 2 is 2.04 bits per heavy atom.